The number of Topliss-reactive ketones (excluding diaryl/α,β-unsaturated/α-hetero) is 4. The van der Waals surface area contributed by atoms with Crippen molar-refractivity contribution in [2.75, 3.05) is 5.73 Å². The maximum Gasteiger partial charge on any atom is 0.298 e. The SMILES string of the molecule is C.C.C.C.N#Cc1ccc(-c2c3cc4c5ccccc5c5cccc(c3c(-c3ccc(C#N)cc3)c3c6cccc7cccc(c23)c76)c54)cc1.N#Cc1ccc(C2=C3C(=C(c4ccc(C#N)cc4)C2=O)c2cccc4cccc3c24)cc1.Nc1c(OC=O)cc2c3c(cccc13)-c1ccccc1-2.O=C1C(=O)c2cccc3cccc1c23.[C-]#[N+]c1ccc(CC(=O)Cc2ccc(C#N)cc2)cc1. The van der Waals surface area contributed by atoms with E-state index in [0.29, 0.717) is 86.5 Å². The van der Waals surface area contributed by atoms with E-state index in [4.69, 9.17) is 22.3 Å². The Kier molecular flexibility index (Phi) is 24.0. The fourth-order valence-corrected chi connectivity index (χ4v) is 19.9. The van der Waals surface area contributed by atoms with Crippen molar-refractivity contribution in [3.63, 3.8) is 0 Å². The van der Waals surface area contributed by atoms with Gasteiger partial charge in [-0.2, -0.15) is 26.3 Å². The van der Waals surface area contributed by atoms with Crippen LogP contribution in [0.15, 0.2) is 352 Å². The van der Waals surface area contributed by atoms with Gasteiger partial charge in [0.1, 0.15) is 5.78 Å². The van der Waals surface area contributed by atoms with Gasteiger partial charge in [-0.3, -0.25) is 24.0 Å². The van der Waals surface area contributed by atoms with Crippen LogP contribution in [0, 0.1) is 63.2 Å². The van der Waals surface area contributed by atoms with Crippen LogP contribution in [0.1, 0.15) is 112 Å². The molecule has 0 heterocycles. The van der Waals surface area contributed by atoms with E-state index in [1.165, 1.54) is 97.7 Å². The number of hydrogen-bond acceptors (Lipinski definition) is 12. The summed E-state index contributed by atoms with van der Waals surface area (Å²) in [6, 6.07) is 126. The van der Waals surface area contributed by atoms with Crippen LogP contribution in [0.4, 0.5) is 11.4 Å². The maximum absolute atomic E-state index is 13.9. The molecule has 0 radical (unpaired) electrons. The Morgan fingerprint density at radius 1 is 0.301 bits per heavy atom. The summed E-state index contributed by atoms with van der Waals surface area (Å²) in [7, 11) is 0. The normalized spacial score (nSPS) is 11.8. The number of anilines is 1. The third kappa shape index (κ3) is 14.8. The van der Waals surface area contributed by atoms with E-state index < -0.39 is 0 Å². The highest BCUT2D eigenvalue weighted by Crippen LogP contribution is 2.59. The molecule has 21 aromatic carbocycles. The summed E-state index contributed by atoms with van der Waals surface area (Å²) >= 11 is 0. The van der Waals surface area contributed by atoms with Crippen LogP contribution in [-0.2, 0) is 27.2 Å². The average molecular weight is 1750 g/mol. The predicted molar refractivity (Wildman–Crippen MR) is 552 cm³/mol. The molecule has 136 heavy (non-hydrogen) atoms. The first-order valence-corrected chi connectivity index (χ1v) is 42.7. The number of nitrogen functional groups attached to an aromatic ring is 1. The third-order valence-electron chi connectivity index (χ3n) is 25.6. The number of fused-ring (bicyclic) bond motifs is 14. The lowest BCUT2D eigenvalue weighted by Crippen LogP contribution is -2.06. The van der Waals surface area contributed by atoms with E-state index in [1.54, 1.807) is 84.9 Å². The van der Waals surface area contributed by atoms with Crippen molar-refractivity contribution in [2.24, 2.45) is 0 Å². The summed E-state index contributed by atoms with van der Waals surface area (Å²) < 4.78 is 5.02. The van der Waals surface area contributed by atoms with E-state index in [9.17, 15) is 45.0 Å². The van der Waals surface area contributed by atoms with Gasteiger partial charge >= 0.3 is 0 Å². The molecule has 0 amide bonds. The summed E-state index contributed by atoms with van der Waals surface area (Å²) in [6.45, 7) is 7.28. The quantitative estimate of drug-likeness (QED) is 0.0442. The standard InChI is InChI=1S/C44H22N2.C29H14N2O.C17H12N2O.C17H11NO2.C12H6O2.4CH4/c45-23-25-14-18-28(19-15-25)39-37-22-36-31-9-2-1-8-30(31)32-10-5-13-35(41(32)36)42(37)40(29-20-16-26(24-46)17-21-29)44-34-12-4-7-27-6-3-11-33(38(27)34)43(39)44;30-15-17-7-11-20(12-8-17)25-27-22-5-1-3-19-4-2-6-23(24(19)22)28(27)26(29(25)32)21-13-9-18(16-31)10-14-21;1-19-16-8-6-14(7-9-16)11-17(20)10-13-2-4-15(12-18)5-3-13;18-17-13-7-3-6-12-10-4-1-2-5-11(10)14(16(12)13)8-15(17)20-9-19;13-11-8-5-1-3-7-4-2-6-9(10(7)8)12(11)14;;;;/h1-22H;1-14H;2-9H,10-11H2;1-9H,18H2;1-6H;4*1H4. The molecular formula is C123H81N7O6. The van der Waals surface area contributed by atoms with Gasteiger partial charge in [0.2, 0.25) is 11.6 Å². The Labute approximate surface area is 785 Å². The average Bonchev–Trinajstić information content (AvgIpc) is 1.51. The van der Waals surface area contributed by atoms with E-state index >= 15 is 0 Å². The molecule has 13 nitrogen and oxygen atoms in total. The number of nitrogens with zero attached hydrogens (tertiary/aromatic N) is 6. The number of ketones is 4. The van der Waals surface area contributed by atoms with Gasteiger partial charge < -0.3 is 10.5 Å². The molecule has 0 aliphatic heterocycles. The number of ether oxygens (including phenoxy) is 1. The van der Waals surface area contributed by atoms with Gasteiger partial charge in [0.05, 0.1) is 70.4 Å². The predicted octanol–water partition coefficient (Wildman–Crippen LogP) is 29.5. The van der Waals surface area contributed by atoms with Crippen molar-refractivity contribution in [2.45, 2.75) is 42.5 Å². The van der Waals surface area contributed by atoms with E-state index in [0.717, 1.165) is 99.1 Å². The summed E-state index contributed by atoms with van der Waals surface area (Å²) in [5, 5.41) is 69.9. The first kappa shape index (κ1) is 89.1. The number of benzene rings is 19. The fraction of sp³-hybridized carbons (Fsp3) is 0.0488. The second-order valence-corrected chi connectivity index (χ2v) is 32.8. The number of nitriles is 5. The second kappa shape index (κ2) is 36.6. The highest BCUT2D eigenvalue weighted by atomic mass is 16.5. The van der Waals surface area contributed by atoms with Crippen molar-refractivity contribution in [3.8, 4) is 80.6 Å². The lowest BCUT2D eigenvalue weighted by atomic mass is 9.83. The minimum Gasteiger partial charge on any atom is -0.426 e. The Balaban J connectivity index is 0.000000125. The zero-order valence-electron chi connectivity index (χ0n) is 70.2. The van der Waals surface area contributed by atoms with Gasteiger partial charge in [-0.1, -0.05) is 309 Å². The molecule has 4 aliphatic rings. The van der Waals surface area contributed by atoms with Crippen molar-refractivity contribution in [1.29, 1.82) is 26.3 Å². The smallest absolute Gasteiger partial charge is 0.298 e. The summed E-state index contributed by atoms with van der Waals surface area (Å²) in [5.74, 6) is -0.258. The molecule has 0 saturated heterocycles. The van der Waals surface area contributed by atoms with Crippen molar-refractivity contribution in [3.05, 3.63) is 436 Å². The molecule has 2 N–H and O–H groups in total. The number of hydrogen-bond donors (Lipinski definition) is 1. The van der Waals surface area contributed by atoms with Crippen LogP contribution in [0.25, 0.3) is 179 Å². The van der Waals surface area contributed by atoms with Crippen molar-refractivity contribution in [1.82, 2.24) is 0 Å². The van der Waals surface area contributed by atoms with Gasteiger partial charge in [-0.05, 0) is 248 Å². The summed E-state index contributed by atoms with van der Waals surface area (Å²) in [6.07, 6.45) is 0.717. The van der Waals surface area contributed by atoms with Crippen LogP contribution < -0.4 is 10.5 Å². The Bertz CT molecular complexity index is 8700. The molecular weight excluding hydrogens is 1670 g/mol. The molecule has 25 rings (SSSR count). The zero-order chi connectivity index (χ0) is 90.1. The van der Waals surface area contributed by atoms with Crippen LogP contribution in [-0.4, -0.2) is 29.6 Å². The zero-order valence-corrected chi connectivity index (χ0v) is 70.2. The molecule has 0 atom stereocenters. The monoisotopic (exact) mass is 1750 g/mol. The number of carbonyl (C=O) groups is 5. The Morgan fingerprint density at radius 2 is 0.654 bits per heavy atom. The van der Waals surface area contributed by atoms with Crippen LogP contribution in [0.2, 0.25) is 0 Å². The number of nitrogens with two attached hydrogens (primary N) is 1. The topological polar surface area (TPSA) is 244 Å². The van der Waals surface area contributed by atoms with Gasteiger partial charge in [0.25, 0.3) is 6.47 Å². The third-order valence-corrected chi connectivity index (χ3v) is 25.6. The number of allylic oxidation sites excluding steroid dienone is 4. The molecule has 4 aliphatic carbocycles. The van der Waals surface area contributed by atoms with Gasteiger partial charge in [0, 0.05) is 57.0 Å². The molecule has 0 saturated carbocycles. The molecule has 0 fully saturated rings. The lowest BCUT2D eigenvalue weighted by molar-refractivity contribution is -0.120. The minimum absolute atomic E-state index is 0. The largest absolute Gasteiger partial charge is 0.426 e. The molecule has 0 unspecified atom stereocenters. The van der Waals surface area contributed by atoms with Crippen molar-refractivity contribution < 1.29 is 28.7 Å². The minimum atomic E-state index is -0.378. The number of rotatable bonds is 10. The number of carbonyl (C=O) groups excluding carboxylic acids is 5. The lowest BCUT2D eigenvalue weighted by Gasteiger charge is -2.19. The molecule has 21 aromatic rings. The van der Waals surface area contributed by atoms with Crippen LogP contribution in [0.3, 0.4) is 0 Å². The fourth-order valence-electron chi connectivity index (χ4n) is 19.9. The highest BCUT2D eigenvalue weighted by Gasteiger charge is 2.41. The van der Waals surface area contributed by atoms with E-state index in [2.05, 4.69) is 181 Å². The molecule has 0 spiro atoms. The molecule has 0 aromatic heterocycles. The highest BCUT2D eigenvalue weighted by molar-refractivity contribution is 6.61. The summed E-state index contributed by atoms with van der Waals surface area (Å²) in [4.78, 5) is 62.9. The van der Waals surface area contributed by atoms with Crippen molar-refractivity contribution >= 4 is 171 Å². The van der Waals surface area contributed by atoms with Crippen LogP contribution in [0.5, 0.6) is 5.75 Å². The van der Waals surface area contributed by atoms with Crippen LogP contribution >= 0.6 is 0 Å². The molecule has 0 bridgehead atoms. The first-order valence-electron chi connectivity index (χ1n) is 42.7. The second-order valence-electron chi connectivity index (χ2n) is 32.8. The maximum atomic E-state index is 13.9. The molecule has 644 valence electrons. The first-order chi connectivity index (χ1) is 64.8. The van der Waals surface area contributed by atoms with E-state index in [1.807, 2.05) is 121 Å². The van der Waals surface area contributed by atoms with E-state index in [-0.39, 0.29) is 52.8 Å². The molecule has 13 heteroatoms. The summed E-state index contributed by atoms with van der Waals surface area (Å²) in [5.41, 5.74) is 29.2. The Morgan fingerprint density at radius 3 is 1.13 bits per heavy atom. The van der Waals surface area contributed by atoms with Gasteiger partial charge in [-0.15, -0.1) is 0 Å². The Hall–Kier alpha value is -18.9. The van der Waals surface area contributed by atoms with Gasteiger partial charge in [-0.25, -0.2) is 4.85 Å². The van der Waals surface area contributed by atoms with Gasteiger partial charge in [0.15, 0.2) is 17.2 Å².